The number of nitrogens with zero attached hydrogens (tertiary/aromatic N) is 2. The topological polar surface area (TPSA) is 52.9 Å². The largest absolute Gasteiger partial charge is 0.508 e. The Balaban J connectivity index is 2.55. The number of aromatic hydroxyl groups is 1. The fourth-order valence-corrected chi connectivity index (χ4v) is 1.99. The van der Waals surface area contributed by atoms with Gasteiger partial charge in [0.2, 0.25) is 6.08 Å². The van der Waals surface area contributed by atoms with Crippen molar-refractivity contribution in [1.82, 2.24) is 0 Å². The minimum absolute atomic E-state index is 0.197. The highest BCUT2D eigenvalue weighted by Gasteiger charge is 2.25. The minimum Gasteiger partial charge on any atom is -0.508 e. The van der Waals surface area contributed by atoms with E-state index in [9.17, 15) is 9.90 Å². The van der Waals surface area contributed by atoms with Crippen molar-refractivity contribution in [1.29, 1.82) is 0 Å². The molecule has 0 spiro atoms. The summed E-state index contributed by atoms with van der Waals surface area (Å²) in [6.07, 6.45) is 2.30. The van der Waals surface area contributed by atoms with E-state index in [-0.39, 0.29) is 11.8 Å². The van der Waals surface area contributed by atoms with Crippen LogP contribution in [0.5, 0.6) is 5.75 Å². The van der Waals surface area contributed by atoms with Crippen molar-refractivity contribution >= 4 is 11.8 Å². The van der Waals surface area contributed by atoms with Gasteiger partial charge in [-0.2, -0.15) is 4.99 Å². The summed E-state index contributed by atoms with van der Waals surface area (Å²) in [5.41, 5.74) is 1.67. The number of anilines is 1. The second kappa shape index (κ2) is 3.75. The van der Waals surface area contributed by atoms with Gasteiger partial charge in [-0.1, -0.05) is 6.07 Å². The third-order valence-corrected chi connectivity index (χ3v) is 2.75. The van der Waals surface area contributed by atoms with Crippen LogP contribution in [0.1, 0.15) is 18.0 Å². The van der Waals surface area contributed by atoms with Crippen molar-refractivity contribution in [2.24, 2.45) is 4.99 Å². The lowest BCUT2D eigenvalue weighted by Gasteiger charge is -2.31. The zero-order valence-electron chi connectivity index (χ0n) is 8.47. The van der Waals surface area contributed by atoms with Crippen molar-refractivity contribution in [3.05, 3.63) is 23.8 Å². The first-order chi connectivity index (χ1) is 7.24. The van der Waals surface area contributed by atoms with E-state index >= 15 is 0 Å². The van der Waals surface area contributed by atoms with E-state index in [0.29, 0.717) is 0 Å². The van der Waals surface area contributed by atoms with Crippen LogP contribution in [0, 0.1) is 0 Å². The van der Waals surface area contributed by atoms with Gasteiger partial charge in [0, 0.05) is 24.8 Å². The first kappa shape index (κ1) is 9.74. The summed E-state index contributed by atoms with van der Waals surface area (Å²) in [7, 11) is 1.96. The summed E-state index contributed by atoms with van der Waals surface area (Å²) in [5, 5.41) is 9.75. The molecule has 1 N–H and O–H groups in total. The Morgan fingerprint density at radius 1 is 1.60 bits per heavy atom. The van der Waals surface area contributed by atoms with Crippen LogP contribution in [0.2, 0.25) is 0 Å². The molecule has 2 rings (SSSR count). The van der Waals surface area contributed by atoms with E-state index in [2.05, 4.69) is 4.99 Å². The average molecular weight is 204 g/mol. The SMILES string of the molecule is CN1CCC(N=C=O)c2c(O)cccc21. The van der Waals surface area contributed by atoms with Crippen LogP contribution in [0.15, 0.2) is 23.2 Å². The molecule has 15 heavy (non-hydrogen) atoms. The maximum absolute atomic E-state index is 10.3. The number of isocyanates is 1. The molecule has 1 aromatic carbocycles. The fourth-order valence-electron chi connectivity index (χ4n) is 1.99. The summed E-state index contributed by atoms with van der Waals surface area (Å²) >= 11 is 0. The zero-order valence-corrected chi connectivity index (χ0v) is 8.47. The lowest BCUT2D eigenvalue weighted by Crippen LogP contribution is -2.26. The van der Waals surface area contributed by atoms with Gasteiger partial charge in [0.25, 0.3) is 0 Å². The molecule has 0 saturated heterocycles. The molecule has 4 heteroatoms. The molecule has 1 aromatic rings. The van der Waals surface area contributed by atoms with Gasteiger partial charge in [-0.15, -0.1) is 0 Å². The average Bonchev–Trinajstić information content (AvgIpc) is 2.23. The van der Waals surface area contributed by atoms with Crippen molar-refractivity contribution in [2.75, 3.05) is 18.5 Å². The summed E-state index contributed by atoms with van der Waals surface area (Å²) in [6, 6.07) is 5.07. The van der Waals surface area contributed by atoms with Crippen LogP contribution in [0.3, 0.4) is 0 Å². The van der Waals surface area contributed by atoms with Gasteiger partial charge in [-0.25, -0.2) is 4.79 Å². The molecule has 1 unspecified atom stereocenters. The van der Waals surface area contributed by atoms with Gasteiger partial charge in [0.05, 0.1) is 6.04 Å². The number of aliphatic imine (C=N–C) groups is 1. The molecule has 4 nitrogen and oxygen atoms in total. The first-order valence-corrected chi connectivity index (χ1v) is 4.84. The maximum atomic E-state index is 10.3. The summed E-state index contributed by atoms with van der Waals surface area (Å²) in [6.45, 7) is 0.826. The Labute approximate surface area is 87.9 Å². The van der Waals surface area contributed by atoms with E-state index in [0.717, 1.165) is 24.2 Å². The molecule has 0 bridgehead atoms. The molecule has 0 saturated carbocycles. The second-order valence-electron chi connectivity index (χ2n) is 3.66. The normalized spacial score (nSPS) is 19.3. The molecular formula is C11H12N2O2. The predicted octanol–water partition coefficient (Wildman–Crippen LogP) is 1.61. The monoisotopic (exact) mass is 204 g/mol. The molecule has 0 fully saturated rings. The maximum Gasteiger partial charge on any atom is 0.235 e. The van der Waals surface area contributed by atoms with Crippen LogP contribution < -0.4 is 4.90 Å². The number of carbonyl (C=O) groups excluding carboxylic acids is 1. The quantitative estimate of drug-likeness (QED) is 0.558. The van der Waals surface area contributed by atoms with Gasteiger partial charge in [-0.3, -0.25) is 0 Å². The van der Waals surface area contributed by atoms with Crippen molar-refractivity contribution < 1.29 is 9.90 Å². The number of phenols is 1. The van der Waals surface area contributed by atoms with E-state index in [4.69, 9.17) is 0 Å². The van der Waals surface area contributed by atoms with Crippen LogP contribution in [0.25, 0.3) is 0 Å². The molecule has 0 aliphatic carbocycles. The smallest absolute Gasteiger partial charge is 0.235 e. The van der Waals surface area contributed by atoms with Gasteiger partial charge >= 0.3 is 0 Å². The van der Waals surface area contributed by atoms with Gasteiger partial charge in [0.15, 0.2) is 0 Å². The highest BCUT2D eigenvalue weighted by atomic mass is 16.3. The summed E-state index contributed by atoms with van der Waals surface area (Å²) in [5.74, 6) is 0.197. The molecule has 0 radical (unpaired) electrons. The molecule has 1 aliphatic heterocycles. The fraction of sp³-hybridized carbons (Fsp3) is 0.364. The number of fused-ring (bicyclic) bond motifs is 1. The van der Waals surface area contributed by atoms with E-state index in [1.54, 1.807) is 18.2 Å². The molecule has 0 amide bonds. The predicted molar refractivity (Wildman–Crippen MR) is 56.9 cm³/mol. The highest BCUT2D eigenvalue weighted by molar-refractivity contribution is 5.62. The Hall–Kier alpha value is -1.80. The van der Waals surface area contributed by atoms with Crippen molar-refractivity contribution in [3.63, 3.8) is 0 Å². The Kier molecular flexibility index (Phi) is 2.44. The zero-order chi connectivity index (χ0) is 10.8. The summed E-state index contributed by atoms with van der Waals surface area (Å²) in [4.78, 5) is 16.1. The van der Waals surface area contributed by atoms with Crippen molar-refractivity contribution in [2.45, 2.75) is 12.5 Å². The lowest BCUT2D eigenvalue weighted by atomic mass is 9.96. The Bertz CT molecular complexity index is 425. The van der Waals surface area contributed by atoms with Gasteiger partial charge in [-0.05, 0) is 18.6 Å². The molecule has 78 valence electrons. The van der Waals surface area contributed by atoms with Crippen LogP contribution in [0.4, 0.5) is 5.69 Å². The number of hydrogen-bond donors (Lipinski definition) is 1. The van der Waals surface area contributed by atoms with E-state index in [1.807, 2.05) is 18.0 Å². The summed E-state index contributed by atoms with van der Waals surface area (Å²) < 4.78 is 0. The van der Waals surface area contributed by atoms with Crippen LogP contribution in [-0.4, -0.2) is 24.8 Å². The van der Waals surface area contributed by atoms with Crippen molar-refractivity contribution in [3.8, 4) is 5.75 Å². The van der Waals surface area contributed by atoms with Gasteiger partial charge < -0.3 is 10.0 Å². The van der Waals surface area contributed by atoms with Crippen LogP contribution in [-0.2, 0) is 4.79 Å². The molecule has 1 heterocycles. The van der Waals surface area contributed by atoms with Crippen LogP contribution >= 0.6 is 0 Å². The lowest BCUT2D eigenvalue weighted by molar-refractivity contribution is 0.454. The number of rotatable bonds is 1. The third kappa shape index (κ3) is 1.60. The first-order valence-electron chi connectivity index (χ1n) is 4.84. The Morgan fingerprint density at radius 3 is 3.13 bits per heavy atom. The minimum atomic E-state index is -0.255. The number of hydrogen-bond acceptors (Lipinski definition) is 4. The van der Waals surface area contributed by atoms with E-state index in [1.165, 1.54) is 0 Å². The number of benzene rings is 1. The molecular weight excluding hydrogens is 192 g/mol. The third-order valence-electron chi connectivity index (χ3n) is 2.75. The highest BCUT2D eigenvalue weighted by Crippen LogP contribution is 2.40. The standard InChI is InChI=1S/C11H12N2O2/c1-13-6-5-8(12-7-14)11-9(13)3-2-4-10(11)15/h2-4,8,15H,5-6H2,1H3. The number of phenolic OH excluding ortho intramolecular Hbond substituents is 1. The van der Waals surface area contributed by atoms with Gasteiger partial charge in [0.1, 0.15) is 5.75 Å². The molecule has 1 atom stereocenters. The Morgan fingerprint density at radius 2 is 2.40 bits per heavy atom. The second-order valence-corrected chi connectivity index (χ2v) is 3.66. The molecule has 0 aromatic heterocycles. The molecule has 1 aliphatic rings. The van der Waals surface area contributed by atoms with E-state index < -0.39 is 0 Å².